The van der Waals surface area contributed by atoms with Gasteiger partial charge in [0.15, 0.2) is 0 Å². The molecule has 1 aromatic heterocycles. The number of nitrogens with zero attached hydrogens (tertiary/aromatic N) is 1. The van der Waals surface area contributed by atoms with Gasteiger partial charge in [-0.1, -0.05) is 12.1 Å². The van der Waals surface area contributed by atoms with Gasteiger partial charge in [-0.25, -0.2) is 0 Å². The van der Waals surface area contributed by atoms with E-state index in [1.165, 1.54) is 5.56 Å². The standard InChI is InChI=1S/C18H23N3O2/c1-13-17(5-8-19-13)18(23)20-15-4-2-3-14(11-15)12-21-9-6-16(22)7-10-21/h2-5,8,11,16,19,22H,6-7,9-10,12H2,1H3,(H,20,23). The molecule has 0 aliphatic carbocycles. The van der Waals surface area contributed by atoms with Crippen molar-refractivity contribution in [2.75, 3.05) is 18.4 Å². The molecule has 23 heavy (non-hydrogen) atoms. The number of rotatable bonds is 4. The molecule has 2 aromatic rings. The van der Waals surface area contributed by atoms with Crippen molar-refractivity contribution in [3.8, 4) is 0 Å². The van der Waals surface area contributed by atoms with Gasteiger partial charge in [0, 0.05) is 37.2 Å². The lowest BCUT2D eigenvalue weighted by Gasteiger charge is -2.29. The summed E-state index contributed by atoms with van der Waals surface area (Å²) in [6.45, 7) is 4.57. The average molecular weight is 313 g/mol. The van der Waals surface area contributed by atoms with Crippen LogP contribution in [0.3, 0.4) is 0 Å². The number of aromatic amines is 1. The monoisotopic (exact) mass is 313 g/mol. The third kappa shape index (κ3) is 4.00. The molecule has 0 unspecified atom stereocenters. The summed E-state index contributed by atoms with van der Waals surface area (Å²) in [7, 11) is 0. The number of aryl methyl sites for hydroxylation is 1. The minimum atomic E-state index is -0.151. The van der Waals surface area contributed by atoms with Crippen molar-refractivity contribution in [3.63, 3.8) is 0 Å². The second-order valence-electron chi connectivity index (χ2n) is 6.18. The van der Waals surface area contributed by atoms with Crippen LogP contribution < -0.4 is 5.32 Å². The summed E-state index contributed by atoms with van der Waals surface area (Å²) >= 11 is 0. The number of H-pyrrole nitrogens is 1. The van der Waals surface area contributed by atoms with Crippen molar-refractivity contribution in [3.05, 3.63) is 53.3 Å². The Bertz CT molecular complexity index is 672. The van der Waals surface area contributed by atoms with Crippen LogP contribution >= 0.6 is 0 Å². The van der Waals surface area contributed by atoms with Crippen molar-refractivity contribution < 1.29 is 9.90 Å². The van der Waals surface area contributed by atoms with Gasteiger partial charge in [0.2, 0.25) is 0 Å². The van der Waals surface area contributed by atoms with Gasteiger partial charge in [0.25, 0.3) is 5.91 Å². The molecule has 1 aromatic carbocycles. The van der Waals surface area contributed by atoms with Crippen LogP contribution in [0.15, 0.2) is 36.5 Å². The molecule has 2 heterocycles. The Labute approximate surface area is 136 Å². The summed E-state index contributed by atoms with van der Waals surface area (Å²) in [5.74, 6) is -0.0954. The van der Waals surface area contributed by atoms with Crippen LogP contribution in [0.2, 0.25) is 0 Å². The van der Waals surface area contributed by atoms with Gasteiger partial charge in [-0.05, 0) is 43.5 Å². The van der Waals surface area contributed by atoms with Gasteiger partial charge < -0.3 is 15.4 Å². The Hall–Kier alpha value is -2.11. The number of carbonyl (C=O) groups is 1. The lowest BCUT2D eigenvalue weighted by molar-refractivity contribution is 0.0792. The molecule has 1 saturated heterocycles. The molecule has 1 amide bonds. The van der Waals surface area contributed by atoms with Crippen LogP contribution in [0.5, 0.6) is 0 Å². The first-order chi connectivity index (χ1) is 11.1. The molecule has 122 valence electrons. The molecule has 0 atom stereocenters. The van der Waals surface area contributed by atoms with Crippen LogP contribution in [-0.2, 0) is 6.54 Å². The van der Waals surface area contributed by atoms with Gasteiger partial charge in [0.05, 0.1) is 11.7 Å². The second-order valence-corrected chi connectivity index (χ2v) is 6.18. The zero-order valence-electron chi connectivity index (χ0n) is 13.4. The summed E-state index contributed by atoms with van der Waals surface area (Å²) < 4.78 is 0. The summed E-state index contributed by atoms with van der Waals surface area (Å²) in [6, 6.07) is 9.75. The van der Waals surface area contributed by atoms with Gasteiger partial charge in [-0.3, -0.25) is 9.69 Å². The third-order valence-corrected chi connectivity index (χ3v) is 4.35. The highest BCUT2D eigenvalue weighted by Crippen LogP contribution is 2.17. The fourth-order valence-corrected chi connectivity index (χ4v) is 2.98. The highest BCUT2D eigenvalue weighted by atomic mass is 16.3. The Morgan fingerprint density at radius 2 is 2.13 bits per heavy atom. The van der Waals surface area contributed by atoms with E-state index in [0.29, 0.717) is 5.56 Å². The number of aliphatic hydroxyl groups is 1. The van der Waals surface area contributed by atoms with E-state index in [4.69, 9.17) is 0 Å². The number of likely N-dealkylation sites (tertiary alicyclic amines) is 1. The van der Waals surface area contributed by atoms with Crippen LogP contribution in [0.1, 0.15) is 34.5 Å². The normalized spacial score (nSPS) is 16.4. The molecule has 3 rings (SSSR count). The number of hydrogen-bond donors (Lipinski definition) is 3. The molecule has 5 nitrogen and oxygen atoms in total. The van der Waals surface area contributed by atoms with Crippen molar-refractivity contribution in [2.24, 2.45) is 0 Å². The molecule has 3 N–H and O–H groups in total. The maximum Gasteiger partial charge on any atom is 0.257 e. The first kappa shape index (κ1) is 15.8. The van der Waals surface area contributed by atoms with Crippen LogP contribution in [0, 0.1) is 6.92 Å². The zero-order chi connectivity index (χ0) is 16.2. The maximum atomic E-state index is 12.3. The van der Waals surface area contributed by atoms with Crippen molar-refractivity contribution in [2.45, 2.75) is 32.4 Å². The molecular weight excluding hydrogens is 290 g/mol. The van der Waals surface area contributed by atoms with Crippen LogP contribution in [0.25, 0.3) is 0 Å². The number of carbonyl (C=O) groups excluding carboxylic acids is 1. The second kappa shape index (κ2) is 6.98. The van der Waals surface area contributed by atoms with Gasteiger partial charge in [0.1, 0.15) is 0 Å². The average Bonchev–Trinajstić information content (AvgIpc) is 2.96. The largest absolute Gasteiger partial charge is 0.393 e. The van der Waals surface area contributed by atoms with E-state index in [2.05, 4.69) is 21.3 Å². The molecule has 1 aliphatic rings. The molecule has 0 radical (unpaired) electrons. The molecular formula is C18H23N3O2. The topological polar surface area (TPSA) is 68.4 Å². The predicted molar refractivity (Wildman–Crippen MR) is 90.4 cm³/mol. The zero-order valence-corrected chi connectivity index (χ0v) is 13.4. The number of anilines is 1. The molecule has 1 fully saturated rings. The lowest BCUT2D eigenvalue weighted by Crippen LogP contribution is -2.35. The Morgan fingerprint density at radius 3 is 2.83 bits per heavy atom. The van der Waals surface area contributed by atoms with E-state index < -0.39 is 0 Å². The van der Waals surface area contributed by atoms with Gasteiger partial charge >= 0.3 is 0 Å². The van der Waals surface area contributed by atoms with E-state index in [1.807, 2.05) is 25.1 Å². The van der Waals surface area contributed by atoms with Gasteiger partial charge in [-0.2, -0.15) is 0 Å². The number of hydrogen-bond acceptors (Lipinski definition) is 3. The van der Waals surface area contributed by atoms with Crippen molar-refractivity contribution in [1.29, 1.82) is 0 Å². The van der Waals surface area contributed by atoms with E-state index in [-0.39, 0.29) is 12.0 Å². The summed E-state index contributed by atoms with van der Waals surface area (Å²) in [5.41, 5.74) is 3.51. The third-order valence-electron chi connectivity index (χ3n) is 4.35. The summed E-state index contributed by atoms with van der Waals surface area (Å²) in [5, 5.41) is 12.5. The SMILES string of the molecule is Cc1[nH]ccc1C(=O)Nc1cccc(CN2CCC(O)CC2)c1. The maximum absolute atomic E-state index is 12.3. The highest BCUT2D eigenvalue weighted by molar-refractivity contribution is 6.05. The number of amides is 1. The Kier molecular flexibility index (Phi) is 4.79. The molecule has 0 bridgehead atoms. The summed E-state index contributed by atoms with van der Waals surface area (Å²) in [6.07, 6.45) is 3.29. The predicted octanol–water partition coefficient (Wildman–Crippen LogP) is 2.53. The Balaban J connectivity index is 1.63. The van der Waals surface area contributed by atoms with Crippen LogP contribution in [0.4, 0.5) is 5.69 Å². The number of aliphatic hydroxyl groups excluding tert-OH is 1. The first-order valence-corrected chi connectivity index (χ1v) is 8.06. The minimum Gasteiger partial charge on any atom is -0.393 e. The smallest absolute Gasteiger partial charge is 0.257 e. The lowest BCUT2D eigenvalue weighted by atomic mass is 10.1. The van der Waals surface area contributed by atoms with Crippen molar-refractivity contribution >= 4 is 11.6 Å². The molecule has 0 spiro atoms. The molecule has 0 saturated carbocycles. The molecule has 5 heteroatoms. The number of piperidine rings is 1. The Morgan fingerprint density at radius 1 is 1.35 bits per heavy atom. The first-order valence-electron chi connectivity index (χ1n) is 8.06. The number of aromatic nitrogens is 1. The van der Waals surface area contributed by atoms with E-state index >= 15 is 0 Å². The van der Waals surface area contributed by atoms with Crippen LogP contribution in [-0.4, -0.2) is 40.1 Å². The minimum absolute atomic E-state index is 0.0954. The van der Waals surface area contributed by atoms with E-state index in [1.54, 1.807) is 12.3 Å². The number of benzene rings is 1. The van der Waals surface area contributed by atoms with Gasteiger partial charge in [-0.15, -0.1) is 0 Å². The van der Waals surface area contributed by atoms with Crippen molar-refractivity contribution in [1.82, 2.24) is 9.88 Å². The summed E-state index contributed by atoms with van der Waals surface area (Å²) in [4.78, 5) is 17.6. The fourth-order valence-electron chi connectivity index (χ4n) is 2.98. The van der Waals surface area contributed by atoms with E-state index in [9.17, 15) is 9.90 Å². The van der Waals surface area contributed by atoms with E-state index in [0.717, 1.165) is 43.9 Å². The quantitative estimate of drug-likeness (QED) is 0.812. The number of nitrogens with one attached hydrogen (secondary N) is 2. The highest BCUT2D eigenvalue weighted by Gasteiger charge is 2.17. The molecule has 1 aliphatic heterocycles. The fraction of sp³-hybridized carbons (Fsp3) is 0.389.